The molecule has 0 amide bonds. The molecule has 15 aromatic rings. The van der Waals surface area contributed by atoms with Gasteiger partial charge in [0.05, 0.1) is 16.7 Å². The van der Waals surface area contributed by atoms with Crippen LogP contribution in [-0.2, 0) is 0 Å². The van der Waals surface area contributed by atoms with Gasteiger partial charge in [-0.1, -0.05) is 158 Å². The first-order valence-corrected chi connectivity index (χ1v) is 24.0. The SMILES string of the molecule is c1ccc(-c2ccc(-c3nc(-c4cc(-n5c6cc7ccccc7cc6c6cc7ccccc7cc65)c5oc6cc7ccccc7cc6c5c4)nc(-c4cccc5sc6ccccc6c45)n3)cc2)cc1. The van der Waals surface area contributed by atoms with Crippen LogP contribution in [0.4, 0.5) is 0 Å². The molecule has 0 N–H and O–H groups in total. The first-order chi connectivity index (χ1) is 34.1. The molecule has 0 bridgehead atoms. The number of rotatable bonds is 5. The highest BCUT2D eigenvalue weighted by molar-refractivity contribution is 7.25. The molecule has 0 aliphatic carbocycles. The molecule has 320 valence electrons. The van der Waals surface area contributed by atoms with Gasteiger partial charge in [0.25, 0.3) is 0 Å². The van der Waals surface area contributed by atoms with Crippen LogP contribution in [0.15, 0.2) is 223 Å². The van der Waals surface area contributed by atoms with Gasteiger partial charge in [0.2, 0.25) is 0 Å². The van der Waals surface area contributed by atoms with Crippen molar-refractivity contribution in [2.45, 2.75) is 0 Å². The minimum Gasteiger partial charge on any atom is -0.454 e. The smallest absolute Gasteiger partial charge is 0.164 e. The van der Waals surface area contributed by atoms with E-state index in [1.54, 1.807) is 11.3 Å². The molecule has 0 saturated heterocycles. The molecule has 6 heteroatoms. The van der Waals surface area contributed by atoms with E-state index in [0.717, 1.165) is 82.6 Å². The van der Waals surface area contributed by atoms with Crippen LogP contribution in [0.5, 0.6) is 0 Å². The van der Waals surface area contributed by atoms with Crippen LogP contribution < -0.4 is 0 Å². The molecule has 0 unspecified atom stereocenters. The minimum absolute atomic E-state index is 0.577. The zero-order chi connectivity index (χ0) is 45.2. The number of nitrogens with zero attached hydrogens (tertiary/aromatic N) is 4. The zero-order valence-corrected chi connectivity index (χ0v) is 37.7. The van der Waals surface area contributed by atoms with E-state index in [0.29, 0.717) is 17.5 Å². The number of benzene rings is 11. The van der Waals surface area contributed by atoms with Crippen molar-refractivity contribution >= 4 is 108 Å². The first kappa shape index (κ1) is 38.2. The van der Waals surface area contributed by atoms with Gasteiger partial charge in [-0.3, -0.25) is 0 Å². The molecule has 11 aromatic carbocycles. The average molecular weight is 897 g/mol. The number of thiophene rings is 1. The zero-order valence-electron chi connectivity index (χ0n) is 36.9. The Morgan fingerprint density at radius 3 is 1.55 bits per heavy atom. The summed E-state index contributed by atoms with van der Waals surface area (Å²) in [4.78, 5) is 16.3. The third kappa shape index (κ3) is 5.99. The van der Waals surface area contributed by atoms with Crippen molar-refractivity contribution in [3.63, 3.8) is 0 Å². The Morgan fingerprint density at radius 1 is 0.348 bits per heavy atom. The third-order valence-corrected chi connectivity index (χ3v) is 15.1. The quantitative estimate of drug-likeness (QED) is 0.173. The Morgan fingerprint density at radius 2 is 0.870 bits per heavy atom. The van der Waals surface area contributed by atoms with Crippen LogP contribution in [0.2, 0.25) is 0 Å². The van der Waals surface area contributed by atoms with Gasteiger partial charge in [-0.2, -0.15) is 0 Å². The number of furan rings is 1. The lowest BCUT2D eigenvalue weighted by atomic mass is 10.0. The van der Waals surface area contributed by atoms with Gasteiger partial charge < -0.3 is 8.98 Å². The molecule has 0 radical (unpaired) electrons. The minimum atomic E-state index is 0.577. The molecule has 0 fully saturated rings. The number of fused-ring (bicyclic) bond motifs is 12. The van der Waals surface area contributed by atoms with Crippen molar-refractivity contribution in [2.24, 2.45) is 0 Å². The Labute approximate surface area is 398 Å². The fourth-order valence-electron chi connectivity index (χ4n) is 10.6. The van der Waals surface area contributed by atoms with Crippen molar-refractivity contribution in [3.05, 3.63) is 218 Å². The molecule has 4 aromatic heterocycles. The predicted octanol–water partition coefficient (Wildman–Crippen LogP) is 17.4. The summed E-state index contributed by atoms with van der Waals surface area (Å²) >= 11 is 1.79. The standard InChI is InChI=1S/C63H36N4OS/c1-2-13-37(14-3-1)38-25-27-39(28-26-38)61-64-62(66-63(65-61)48-22-12-24-58-59(48)47-21-10-11-23-57(47)69-58)46-32-52-51-31-42-17-6-9-20-45(42)36-56(51)68-60(52)55(35-46)67-53-33-43-18-7-4-15-40(43)29-49(53)50-30-41-16-5-8-19-44(41)34-54(50)67/h1-36H. The van der Waals surface area contributed by atoms with Crippen molar-refractivity contribution in [1.82, 2.24) is 19.5 Å². The maximum Gasteiger partial charge on any atom is 0.164 e. The summed E-state index contributed by atoms with van der Waals surface area (Å²) in [5.74, 6) is 1.80. The molecular formula is C63H36N4OS. The number of hydrogen-bond donors (Lipinski definition) is 0. The molecule has 0 aliphatic heterocycles. The van der Waals surface area contributed by atoms with Crippen LogP contribution in [0.25, 0.3) is 147 Å². The van der Waals surface area contributed by atoms with Crippen LogP contribution in [-0.4, -0.2) is 19.5 Å². The molecule has 69 heavy (non-hydrogen) atoms. The highest BCUT2D eigenvalue weighted by Gasteiger charge is 2.24. The first-order valence-electron chi connectivity index (χ1n) is 23.2. The molecule has 5 nitrogen and oxygen atoms in total. The maximum absolute atomic E-state index is 7.12. The Bertz CT molecular complexity index is 4510. The second kappa shape index (κ2) is 14.8. The molecule has 15 rings (SSSR count). The fourth-order valence-corrected chi connectivity index (χ4v) is 11.8. The Balaban J connectivity index is 1.05. The van der Waals surface area contributed by atoms with Crippen LogP contribution in [0, 0.1) is 0 Å². The van der Waals surface area contributed by atoms with Crippen LogP contribution in [0.3, 0.4) is 0 Å². The van der Waals surface area contributed by atoms with E-state index >= 15 is 0 Å². The van der Waals surface area contributed by atoms with E-state index in [9.17, 15) is 0 Å². The van der Waals surface area contributed by atoms with Gasteiger partial charge in [-0.25, -0.2) is 15.0 Å². The van der Waals surface area contributed by atoms with E-state index in [2.05, 4.69) is 217 Å². The molecule has 0 saturated carbocycles. The van der Waals surface area contributed by atoms with Crippen LogP contribution >= 0.6 is 11.3 Å². The molecule has 0 atom stereocenters. The van der Waals surface area contributed by atoms with E-state index in [-0.39, 0.29) is 0 Å². The van der Waals surface area contributed by atoms with Gasteiger partial charge in [-0.05, 0) is 104 Å². The van der Waals surface area contributed by atoms with E-state index in [1.165, 1.54) is 47.1 Å². The van der Waals surface area contributed by atoms with E-state index in [1.807, 2.05) is 6.07 Å². The molecule has 0 spiro atoms. The predicted molar refractivity (Wildman–Crippen MR) is 289 cm³/mol. The average Bonchev–Trinajstić information content (AvgIpc) is 4.07. The fraction of sp³-hybridized carbons (Fsp3) is 0. The highest BCUT2D eigenvalue weighted by Crippen LogP contribution is 2.44. The van der Waals surface area contributed by atoms with Crippen molar-refractivity contribution in [1.29, 1.82) is 0 Å². The number of hydrogen-bond acceptors (Lipinski definition) is 5. The normalized spacial score (nSPS) is 12.1. The van der Waals surface area contributed by atoms with Crippen molar-refractivity contribution in [2.75, 3.05) is 0 Å². The van der Waals surface area contributed by atoms with Gasteiger partial charge in [0, 0.05) is 58.4 Å². The van der Waals surface area contributed by atoms with Crippen molar-refractivity contribution < 1.29 is 4.42 Å². The van der Waals surface area contributed by atoms with Gasteiger partial charge >= 0.3 is 0 Å². The van der Waals surface area contributed by atoms with Crippen molar-refractivity contribution in [3.8, 4) is 51.0 Å². The second-order valence-electron chi connectivity index (χ2n) is 18.0. The highest BCUT2D eigenvalue weighted by atomic mass is 32.1. The summed E-state index contributed by atoms with van der Waals surface area (Å²) in [6.45, 7) is 0. The summed E-state index contributed by atoms with van der Waals surface area (Å²) in [6.07, 6.45) is 0. The molecule has 0 aliphatic rings. The van der Waals surface area contributed by atoms with E-state index < -0.39 is 0 Å². The molecule has 4 heterocycles. The Kier molecular flexibility index (Phi) is 8.17. The summed E-state index contributed by atoms with van der Waals surface area (Å²) in [5, 5.41) is 13.7. The number of aromatic nitrogens is 4. The van der Waals surface area contributed by atoms with Gasteiger partial charge in [0.1, 0.15) is 5.58 Å². The summed E-state index contributed by atoms with van der Waals surface area (Å²) in [7, 11) is 0. The largest absolute Gasteiger partial charge is 0.454 e. The maximum atomic E-state index is 7.12. The lowest BCUT2D eigenvalue weighted by Gasteiger charge is -2.13. The summed E-state index contributed by atoms with van der Waals surface area (Å²) in [5.41, 5.74) is 9.74. The van der Waals surface area contributed by atoms with Gasteiger partial charge in [-0.15, -0.1) is 11.3 Å². The van der Waals surface area contributed by atoms with Crippen LogP contribution in [0.1, 0.15) is 0 Å². The Hall–Kier alpha value is -8.97. The lowest BCUT2D eigenvalue weighted by Crippen LogP contribution is -2.02. The second-order valence-corrected chi connectivity index (χ2v) is 19.0. The van der Waals surface area contributed by atoms with Gasteiger partial charge in [0.15, 0.2) is 23.1 Å². The lowest BCUT2D eigenvalue weighted by molar-refractivity contribution is 0.667. The van der Waals surface area contributed by atoms with E-state index in [4.69, 9.17) is 19.4 Å². The third-order valence-electron chi connectivity index (χ3n) is 13.9. The summed E-state index contributed by atoms with van der Waals surface area (Å²) in [6, 6.07) is 78.1. The topological polar surface area (TPSA) is 56.7 Å². The summed E-state index contributed by atoms with van der Waals surface area (Å²) < 4.78 is 11.9. The molecular weight excluding hydrogens is 861 g/mol. The monoisotopic (exact) mass is 896 g/mol.